The summed E-state index contributed by atoms with van der Waals surface area (Å²) in [6.45, 7) is 9.65. The summed E-state index contributed by atoms with van der Waals surface area (Å²) in [5, 5.41) is 3.25. The largest absolute Gasteiger partial charge is 0.0915 e. The van der Waals surface area contributed by atoms with Crippen molar-refractivity contribution in [2.75, 3.05) is 0 Å². The van der Waals surface area contributed by atoms with Gasteiger partial charge in [0, 0.05) is 0 Å². The highest BCUT2D eigenvalue weighted by molar-refractivity contribution is 6.91. The van der Waals surface area contributed by atoms with Gasteiger partial charge in [0.2, 0.25) is 0 Å². The van der Waals surface area contributed by atoms with E-state index in [1.165, 1.54) is 29.4 Å². The van der Waals surface area contributed by atoms with E-state index in [9.17, 15) is 0 Å². The van der Waals surface area contributed by atoms with E-state index in [0.29, 0.717) is 0 Å². The van der Waals surface area contributed by atoms with Crippen molar-refractivity contribution in [3.05, 3.63) is 59.7 Å². The number of hydrogen-bond acceptors (Lipinski definition) is 0. The standard InChI is InChI=1S/C22H30Si2/c1-17(2)14-24(15-18(3)4)16-20-8-5-9-21(11-20)23-13-19-7-6-10-22(24)12-19/h5-12,17-18H,13-16H2,1-4H3. The number of benzene rings is 2. The van der Waals surface area contributed by atoms with Crippen LogP contribution in [0.1, 0.15) is 38.8 Å². The molecular weight excluding hydrogens is 320 g/mol. The first kappa shape index (κ1) is 17.7. The third-order valence-corrected chi connectivity index (χ3v) is 12.2. The van der Waals surface area contributed by atoms with Gasteiger partial charge in [-0.25, -0.2) is 0 Å². The van der Waals surface area contributed by atoms with Crippen LogP contribution in [0.2, 0.25) is 12.1 Å². The van der Waals surface area contributed by atoms with E-state index >= 15 is 0 Å². The molecule has 1 aliphatic rings. The molecular formula is C22H30Si2. The fourth-order valence-electron chi connectivity index (χ4n) is 4.53. The molecule has 3 rings (SSSR count). The molecule has 0 atom stereocenters. The smallest absolute Gasteiger partial charge is 0.0636 e. The average molecular weight is 351 g/mol. The normalized spacial score (nSPS) is 16.4. The van der Waals surface area contributed by atoms with Crippen molar-refractivity contribution in [3.63, 3.8) is 0 Å². The van der Waals surface area contributed by atoms with Crippen molar-refractivity contribution in [2.45, 2.75) is 51.9 Å². The second-order valence-corrected chi connectivity index (χ2v) is 14.0. The summed E-state index contributed by atoms with van der Waals surface area (Å²) in [5.74, 6) is 1.54. The molecule has 0 saturated carbocycles. The lowest BCUT2D eigenvalue weighted by Gasteiger charge is -2.36. The van der Waals surface area contributed by atoms with Crippen LogP contribution in [0.15, 0.2) is 48.5 Å². The third kappa shape index (κ3) is 4.09. The molecule has 4 bridgehead atoms. The van der Waals surface area contributed by atoms with Gasteiger partial charge in [-0.05, 0) is 23.9 Å². The Labute approximate surface area is 151 Å². The minimum atomic E-state index is -1.56. The van der Waals surface area contributed by atoms with Crippen LogP contribution in [0, 0.1) is 11.8 Å². The van der Waals surface area contributed by atoms with E-state index in [1.807, 2.05) is 0 Å². The van der Waals surface area contributed by atoms with Crippen LogP contribution in [0.4, 0.5) is 0 Å². The zero-order valence-electron chi connectivity index (χ0n) is 15.6. The van der Waals surface area contributed by atoms with Crippen LogP contribution in [0.5, 0.6) is 0 Å². The van der Waals surface area contributed by atoms with E-state index < -0.39 is 8.07 Å². The first-order chi connectivity index (χ1) is 11.5. The maximum absolute atomic E-state index is 2.58. The minimum Gasteiger partial charge on any atom is -0.0636 e. The monoisotopic (exact) mass is 350 g/mol. The highest BCUT2D eigenvalue weighted by Gasteiger charge is 2.37. The number of fused-ring (bicyclic) bond motifs is 4. The summed E-state index contributed by atoms with van der Waals surface area (Å²) >= 11 is 0. The Balaban J connectivity index is 2.14. The third-order valence-electron chi connectivity index (χ3n) is 5.10. The van der Waals surface area contributed by atoms with E-state index in [1.54, 1.807) is 16.3 Å². The molecule has 0 amide bonds. The Morgan fingerprint density at radius 3 is 2.25 bits per heavy atom. The van der Waals surface area contributed by atoms with Gasteiger partial charge in [-0.3, -0.25) is 0 Å². The molecule has 0 fully saturated rings. The first-order valence-corrected chi connectivity index (χ1v) is 13.2. The summed E-state index contributed by atoms with van der Waals surface area (Å²) in [7, 11) is -0.658. The molecule has 0 aromatic heterocycles. The van der Waals surface area contributed by atoms with Crippen LogP contribution in [-0.4, -0.2) is 17.6 Å². The lowest BCUT2D eigenvalue weighted by atomic mass is 10.2. The van der Waals surface area contributed by atoms with Gasteiger partial charge < -0.3 is 0 Å². The van der Waals surface area contributed by atoms with Crippen molar-refractivity contribution >= 4 is 28.0 Å². The van der Waals surface area contributed by atoms with Gasteiger partial charge in [0.25, 0.3) is 0 Å². The van der Waals surface area contributed by atoms with Crippen LogP contribution in [-0.2, 0) is 12.1 Å². The summed E-state index contributed by atoms with van der Waals surface area (Å²) in [6, 6.07) is 24.5. The number of rotatable bonds is 4. The summed E-state index contributed by atoms with van der Waals surface area (Å²) in [5.41, 5.74) is 3.13. The lowest BCUT2D eigenvalue weighted by molar-refractivity contribution is 0.679. The average Bonchev–Trinajstić information content (AvgIpc) is 2.51. The zero-order chi connectivity index (χ0) is 17.2. The van der Waals surface area contributed by atoms with E-state index in [0.717, 1.165) is 21.4 Å². The fraction of sp³-hybridized carbons (Fsp3) is 0.455. The molecule has 24 heavy (non-hydrogen) atoms. The summed E-state index contributed by atoms with van der Waals surface area (Å²) < 4.78 is 0. The van der Waals surface area contributed by atoms with Gasteiger partial charge in [-0.2, -0.15) is 0 Å². The second-order valence-electron chi connectivity index (χ2n) is 8.41. The quantitative estimate of drug-likeness (QED) is 0.722. The SMILES string of the molecule is CC(C)C[Si]1(CC(C)C)Cc2cccc(c2)[Si]Cc2cccc1c2. The highest BCUT2D eigenvalue weighted by Crippen LogP contribution is 2.29. The van der Waals surface area contributed by atoms with Gasteiger partial charge in [0.05, 0.1) is 17.6 Å². The predicted molar refractivity (Wildman–Crippen MR) is 110 cm³/mol. The van der Waals surface area contributed by atoms with Crippen molar-refractivity contribution in [1.29, 1.82) is 0 Å². The van der Waals surface area contributed by atoms with Gasteiger partial charge in [0.1, 0.15) is 0 Å². The molecule has 0 unspecified atom stereocenters. The Bertz CT molecular complexity index is 678. The van der Waals surface area contributed by atoms with Crippen LogP contribution >= 0.6 is 0 Å². The van der Waals surface area contributed by atoms with Gasteiger partial charge in [0.15, 0.2) is 0 Å². The molecule has 1 heterocycles. The molecule has 0 saturated heterocycles. The van der Waals surface area contributed by atoms with Gasteiger partial charge in [-0.15, -0.1) is 0 Å². The summed E-state index contributed by atoms with van der Waals surface area (Å²) in [4.78, 5) is 0. The first-order valence-electron chi connectivity index (χ1n) is 9.39. The van der Waals surface area contributed by atoms with Gasteiger partial charge >= 0.3 is 0 Å². The molecule has 2 heteroatoms. The van der Waals surface area contributed by atoms with E-state index in [-0.39, 0.29) is 0 Å². The molecule has 2 aromatic rings. The van der Waals surface area contributed by atoms with E-state index in [4.69, 9.17) is 0 Å². The molecule has 2 aromatic carbocycles. The second kappa shape index (κ2) is 7.41. The van der Waals surface area contributed by atoms with Crippen molar-refractivity contribution in [2.24, 2.45) is 11.8 Å². The van der Waals surface area contributed by atoms with Crippen LogP contribution in [0.25, 0.3) is 0 Å². The van der Waals surface area contributed by atoms with Crippen molar-refractivity contribution < 1.29 is 0 Å². The summed E-state index contributed by atoms with van der Waals surface area (Å²) in [6.07, 6.45) is 0. The molecule has 0 aliphatic carbocycles. The molecule has 1 aliphatic heterocycles. The number of hydrogen-bond donors (Lipinski definition) is 0. The topological polar surface area (TPSA) is 0 Å². The molecule has 0 N–H and O–H groups in total. The molecule has 0 spiro atoms. The zero-order valence-corrected chi connectivity index (χ0v) is 17.6. The van der Waals surface area contributed by atoms with Crippen molar-refractivity contribution in [1.82, 2.24) is 0 Å². The Kier molecular flexibility index (Phi) is 5.46. The molecule has 126 valence electrons. The van der Waals surface area contributed by atoms with Crippen molar-refractivity contribution in [3.8, 4) is 0 Å². The van der Waals surface area contributed by atoms with E-state index in [2.05, 4.69) is 76.2 Å². The Morgan fingerprint density at radius 2 is 1.54 bits per heavy atom. The van der Waals surface area contributed by atoms with Crippen LogP contribution < -0.4 is 10.4 Å². The predicted octanol–water partition coefficient (Wildman–Crippen LogP) is 4.28. The van der Waals surface area contributed by atoms with Gasteiger partial charge in [-0.1, -0.05) is 110 Å². The highest BCUT2D eigenvalue weighted by atomic mass is 28.3. The Morgan fingerprint density at radius 1 is 0.875 bits per heavy atom. The lowest BCUT2D eigenvalue weighted by Crippen LogP contribution is -2.52. The van der Waals surface area contributed by atoms with Crippen LogP contribution in [0.3, 0.4) is 0 Å². The Hall–Kier alpha value is -1.13. The molecule has 0 nitrogen and oxygen atoms in total. The molecule has 2 radical (unpaired) electrons. The fourth-order valence-corrected chi connectivity index (χ4v) is 11.9. The maximum atomic E-state index is 2.58. The minimum absolute atomic E-state index is 0.770. The maximum Gasteiger partial charge on any atom is 0.0915 e.